The van der Waals surface area contributed by atoms with Gasteiger partial charge in [0, 0.05) is 19.0 Å². The maximum Gasteiger partial charge on any atom is 0.332 e. The molecule has 0 atom stereocenters. The van der Waals surface area contributed by atoms with Gasteiger partial charge in [-0.3, -0.25) is 4.98 Å². The molecule has 0 bridgehead atoms. The van der Waals surface area contributed by atoms with Gasteiger partial charge in [-0.2, -0.15) is 0 Å². The third-order valence-corrected chi connectivity index (χ3v) is 4.92. The first-order chi connectivity index (χ1) is 10.1. The summed E-state index contributed by atoms with van der Waals surface area (Å²) >= 11 is 0. The molecule has 0 saturated heterocycles. The van der Waals surface area contributed by atoms with E-state index >= 15 is 0 Å². The third-order valence-electron chi connectivity index (χ3n) is 3.18. The Bertz CT molecular complexity index is 393. The summed E-state index contributed by atoms with van der Waals surface area (Å²) in [7, 11) is -2.03. The number of hydrogen-bond donors (Lipinski definition) is 0. The fourth-order valence-electron chi connectivity index (χ4n) is 1.90. The van der Waals surface area contributed by atoms with E-state index < -0.39 is 8.56 Å². The van der Waals surface area contributed by atoms with E-state index in [0.717, 1.165) is 18.6 Å². The molecule has 1 heterocycles. The molecule has 0 saturated carbocycles. The lowest BCUT2D eigenvalue weighted by molar-refractivity contribution is 0.174. The first-order valence-corrected chi connectivity index (χ1v) is 10.8. The van der Waals surface area contributed by atoms with Gasteiger partial charge in [0.15, 0.2) is 0 Å². The molecule has 0 spiro atoms. The van der Waals surface area contributed by atoms with Crippen molar-refractivity contribution in [2.45, 2.75) is 58.7 Å². The molecule has 21 heavy (non-hydrogen) atoms. The van der Waals surface area contributed by atoms with Gasteiger partial charge in [0.05, 0.1) is 6.61 Å². The molecule has 0 amide bonds. The first kappa shape index (κ1) is 18.1. The van der Waals surface area contributed by atoms with E-state index in [1.807, 2.05) is 18.3 Å². The zero-order valence-corrected chi connectivity index (χ0v) is 14.7. The summed E-state index contributed by atoms with van der Waals surface area (Å²) in [4.78, 5) is 4.09. The molecule has 3 nitrogen and oxygen atoms in total. The van der Waals surface area contributed by atoms with Gasteiger partial charge in [-0.15, -0.1) is 0 Å². The maximum absolute atomic E-state index is 5.93. The van der Waals surface area contributed by atoms with Crippen molar-refractivity contribution in [3.63, 3.8) is 0 Å². The number of nitrogens with zero attached hydrogens (tertiary/aromatic N) is 1. The Morgan fingerprint density at radius 2 is 1.95 bits per heavy atom. The van der Waals surface area contributed by atoms with Crippen LogP contribution >= 0.6 is 0 Å². The van der Waals surface area contributed by atoms with Gasteiger partial charge in [0.25, 0.3) is 0 Å². The van der Waals surface area contributed by atoms with Gasteiger partial charge in [-0.25, -0.2) is 0 Å². The molecule has 0 aromatic carbocycles. The summed E-state index contributed by atoms with van der Waals surface area (Å²) in [5, 5.41) is 0. The van der Waals surface area contributed by atoms with Crippen LogP contribution in [0.3, 0.4) is 0 Å². The third kappa shape index (κ3) is 9.56. The van der Waals surface area contributed by atoms with Crippen molar-refractivity contribution in [2.75, 3.05) is 6.61 Å². The molecule has 0 radical (unpaired) electrons. The number of allylic oxidation sites excluding steroid dienone is 1. The highest BCUT2D eigenvalue weighted by molar-refractivity contribution is 6.64. The summed E-state index contributed by atoms with van der Waals surface area (Å²) in [6.07, 6.45) is 14.2. The molecule has 0 fully saturated rings. The van der Waals surface area contributed by atoms with E-state index in [1.165, 1.54) is 25.7 Å². The molecule has 0 aliphatic heterocycles. The normalized spacial score (nSPS) is 12.1. The SMILES string of the molecule is CCCCC/C=C\CCO[Si](C)(C)OCc1cccnc1. The van der Waals surface area contributed by atoms with Crippen molar-refractivity contribution >= 4 is 8.56 Å². The average molecular weight is 308 g/mol. The lowest BCUT2D eigenvalue weighted by atomic mass is 10.2. The van der Waals surface area contributed by atoms with Crippen LogP contribution in [0.2, 0.25) is 13.1 Å². The Morgan fingerprint density at radius 1 is 1.14 bits per heavy atom. The van der Waals surface area contributed by atoms with Crippen LogP contribution in [-0.2, 0) is 15.5 Å². The Kier molecular flexibility index (Phi) is 9.22. The summed E-state index contributed by atoms with van der Waals surface area (Å²) in [5.74, 6) is 0. The summed E-state index contributed by atoms with van der Waals surface area (Å²) in [5.41, 5.74) is 1.09. The predicted molar refractivity (Wildman–Crippen MR) is 90.4 cm³/mol. The number of rotatable bonds is 11. The summed E-state index contributed by atoms with van der Waals surface area (Å²) < 4.78 is 11.9. The molecule has 0 N–H and O–H groups in total. The van der Waals surface area contributed by atoms with Crippen LogP contribution in [-0.4, -0.2) is 20.2 Å². The minimum atomic E-state index is -2.03. The van der Waals surface area contributed by atoms with Gasteiger partial charge in [0.1, 0.15) is 0 Å². The number of hydrogen-bond acceptors (Lipinski definition) is 3. The van der Waals surface area contributed by atoms with E-state index in [-0.39, 0.29) is 0 Å². The average Bonchev–Trinajstić information content (AvgIpc) is 2.49. The molecule has 0 unspecified atom stereocenters. The second-order valence-electron chi connectivity index (χ2n) is 5.65. The van der Waals surface area contributed by atoms with Crippen molar-refractivity contribution < 1.29 is 8.85 Å². The highest BCUT2D eigenvalue weighted by Crippen LogP contribution is 2.11. The quantitative estimate of drug-likeness (QED) is 0.333. The number of aromatic nitrogens is 1. The van der Waals surface area contributed by atoms with E-state index in [1.54, 1.807) is 6.20 Å². The van der Waals surface area contributed by atoms with Crippen molar-refractivity contribution in [1.29, 1.82) is 0 Å². The van der Waals surface area contributed by atoms with E-state index in [2.05, 4.69) is 37.2 Å². The zero-order chi connectivity index (χ0) is 15.4. The monoisotopic (exact) mass is 307 g/mol. The van der Waals surface area contributed by atoms with Crippen LogP contribution in [0.4, 0.5) is 0 Å². The van der Waals surface area contributed by atoms with Crippen LogP contribution < -0.4 is 0 Å². The summed E-state index contributed by atoms with van der Waals surface area (Å²) in [6.45, 7) is 7.74. The van der Waals surface area contributed by atoms with E-state index in [9.17, 15) is 0 Å². The second kappa shape index (κ2) is 10.7. The van der Waals surface area contributed by atoms with Gasteiger partial charge in [-0.1, -0.05) is 38.0 Å². The molecule has 0 aliphatic rings. The smallest absolute Gasteiger partial charge is 0.332 e. The van der Waals surface area contributed by atoms with E-state index in [4.69, 9.17) is 8.85 Å². The zero-order valence-electron chi connectivity index (χ0n) is 13.7. The van der Waals surface area contributed by atoms with Crippen LogP contribution in [0.1, 0.15) is 44.6 Å². The second-order valence-corrected chi connectivity index (χ2v) is 9.03. The Morgan fingerprint density at radius 3 is 2.67 bits per heavy atom. The topological polar surface area (TPSA) is 31.4 Å². The number of unbranched alkanes of at least 4 members (excludes halogenated alkanes) is 3. The van der Waals surface area contributed by atoms with Gasteiger partial charge < -0.3 is 8.85 Å². The molecular formula is C17H29NO2Si. The van der Waals surface area contributed by atoms with Crippen molar-refractivity contribution in [3.05, 3.63) is 42.2 Å². The predicted octanol–water partition coefficient (Wildman–Crippen LogP) is 4.84. The minimum Gasteiger partial charge on any atom is -0.394 e. The summed E-state index contributed by atoms with van der Waals surface area (Å²) in [6, 6.07) is 3.95. The molecular weight excluding hydrogens is 278 g/mol. The molecule has 1 rings (SSSR count). The fraction of sp³-hybridized carbons (Fsp3) is 0.588. The first-order valence-electron chi connectivity index (χ1n) is 7.96. The number of pyridine rings is 1. The lowest BCUT2D eigenvalue weighted by Crippen LogP contribution is -2.34. The van der Waals surface area contributed by atoms with Crippen LogP contribution in [0, 0.1) is 0 Å². The van der Waals surface area contributed by atoms with Crippen molar-refractivity contribution in [2.24, 2.45) is 0 Å². The molecule has 1 aromatic heterocycles. The van der Waals surface area contributed by atoms with Crippen molar-refractivity contribution in [1.82, 2.24) is 4.98 Å². The van der Waals surface area contributed by atoms with Crippen molar-refractivity contribution in [3.8, 4) is 0 Å². The fourth-order valence-corrected chi connectivity index (χ4v) is 3.11. The van der Waals surface area contributed by atoms with Gasteiger partial charge in [-0.05, 0) is 44.0 Å². The van der Waals surface area contributed by atoms with Crippen LogP contribution in [0.5, 0.6) is 0 Å². The van der Waals surface area contributed by atoms with Gasteiger partial charge in [0.2, 0.25) is 0 Å². The molecule has 1 aromatic rings. The minimum absolute atomic E-state index is 0.583. The lowest BCUT2D eigenvalue weighted by Gasteiger charge is -2.22. The maximum atomic E-state index is 5.93. The Hall–Kier alpha value is -0.973. The highest BCUT2D eigenvalue weighted by Gasteiger charge is 2.24. The van der Waals surface area contributed by atoms with Crippen LogP contribution in [0.15, 0.2) is 36.7 Å². The highest BCUT2D eigenvalue weighted by atomic mass is 28.4. The largest absolute Gasteiger partial charge is 0.394 e. The molecule has 0 aliphatic carbocycles. The van der Waals surface area contributed by atoms with Crippen LogP contribution in [0.25, 0.3) is 0 Å². The Balaban J connectivity index is 2.12. The standard InChI is InChI=1S/C17H29NO2Si/c1-4-5-6-7-8-9-10-14-19-21(2,3)20-16-17-12-11-13-18-15-17/h8-9,11-13,15H,4-7,10,14,16H2,1-3H3/b9-8-. The molecule has 4 heteroatoms. The Labute approximate surface area is 130 Å². The molecule has 118 valence electrons. The van der Waals surface area contributed by atoms with Gasteiger partial charge >= 0.3 is 8.56 Å². The van der Waals surface area contributed by atoms with E-state index in [0.29, 0.717) is 6.61 Å².